The van der Waals surface area contributed by atoms with E-state index in [1.165, 1.54) is 11.1 Å². The summed E-state index contributed by atoms with van der Waals surface area (Å²) in [5, 5.41) is 0. The van der Waals surface area contributed by atoms with Crippen molar-refractivity contribution >= 4 is 5.82 Å². The van der Waals surface area contributed by atoms with Crippen LogP contribution in [0.5, 0.6) is 5.75 Å². The molecule has 0 radical (unpaired) electrons. The van der Waals surface area contributed by atoms with E-state index in [2.05, 4.69) is 51.0 Å². The van der Waals surface area contributed by atoms with Crippen LogP contribution in [0.1, 0.15) is 35.6 Å². The lowest BCUT2D eigenvalue weighted by atomic mass is 9.93. The summed E-state index contributed by atoms with van der Waals surface area (Å²) in [4.78, 5) is 21.7. The fraction of sp³-hybridized carbons (Fsp3) is 0.483. The maximum Gasteiger partial charge on any atom is 0.163 e. The number of pyridine rings is 1. The molecule has 2 saturated heterocycles. The molecule has 2 aliphatic rings. The molecule has 0 unspecified atom stereocenters. The number of piperidine rings is 1. The van der Waals surface area contributed by atoms with Crippen LogP contribution in [-0.4, -0.2) is 85.3 Å². The van der Waals surface area contributed by atoms with Crippen molar-refractivity contribution in [2.75, 3.05) is 65.4 Å². The zero-order chi connectivity index (χ0) is 25.6. The highest BCUT2D eigenvalue weighted by atomic mass is 16.5. The van der Waals surface area contributed by atoms with Crippen molar-refractivity contribution in [2.45, 2.75) is 31.9 Å². The van der Waals surface area contributed by atoms with E-state index < -0.39 is 0 Å². The molecule has 0 N–H and O–H groups in total. The van der Waals surface area contributed by atoms with Gasteiger partial charge in [0.2, 0.25) is 0 Å². The largest absolute Gasteiger partial charge is 0.496 e. The summed E-state index contributed by atoms with van der Waals surface area (Å²) in [6.45, 7) is 7.53. The summed E-state index contributed by atoms with van der Waals surface area (Å²) >= 11 is 0. The summed E-state index contributed by atoms with van der Waals surface area (Å²) < 4.78 is 11.0. The highest BCUT2D eigenvalue weighted by Crippen LogP contribution is 2.32. The predicted octanol–water partition coefficient (Wildman–Crippen LogP) is 3.83. The molecule has 8 nitrogen and oxygen atoms in total. The van der Waals surface area contributed by atoms with E-state index in [1.807, 2.05) is 18.3 Å². The Morgan fingerprint density at radius 3 is 2.62 bits per heavy atom. The minimum Gasteiger partial charge on any atom is -0.496 e. The van der Waals surface area contributed by atoms with Crippen LogP contribution >= 0.6 is 0 Å². The predicted molar refractivity (Wildman–Crippen MR) is 146 cm³/mol. The number of nitrogens with zero attached hydrogens (tertiary/aromatic N) is 6. The van der Waals surface area contributed by atoms with Crippen LogP contribution in [0.15, 0.2) is 48.8 Å². The SMILES string of the molecule is COCc1ccc(OC)c(CN2CCC[C@H](c3cc(N4CCN(C)CC4)nc(-c4cccnc4)n3)C2)c1. The summed E-state index contributed by atoms with van der Waals surface area (Å²) in [5.74, 6) is 3.08. The van der Waals surface area contributed by atoms with Crippen LogP contribution in [-0.2, 0) is 17.9 Å². The number of likely N-dealkylation sites (N-methyl/N-ethyl adjacent to an activating group) is 1. The van der Waals surface area contributed by atoms with Gasteiger partial charge < -0.3 is 19.3 Å². The van der Waals surface area contributed by atoms with Gasteiger partial charge in [-0.1, -0.05) is 6.07 Å². The minimum atomic E-state index is 0.353. The van der Waals surface area contributed by atoms with E-state index in [0.29, 0.717) is 12.5 Å². The minimum absolute atomic E-state index is 0.353. The third-order valence-corrected chi connectivity index (χ3v) is 7.45. The number of piperazine rings is 1. The van der Waals surface area contributed by atoms with E-state index in [0.717, 1.165) is 87.3 Å². The molecular formula is C29H38N6O2. The Hall–Kier alpha value is -3.07. The second-order valence-electron chi connectivity index (χ2n) is 10.2. The summed E-state index contributed by atoms with van der Waals surface area (Å²) in [6.07, 6.45) is 5.92. The van der Waals surface area contributed by atoms with Crippen LogP contribution < -0.4 is 9.64 Å². The quantitative estimate of drug-likeness (QED) is 0.461. The van der Waals surface area contributed by atoms with Gasteiger partial charge in [-0.05, 0) is 56.3 Å². The van der Waals surface area contributed by atoms with Gasteiger partial charge in [0.05, 0.1) is 19.4 Å². The molecule has 0 spiro atoms. The number of benzene rings is 1. The van der Waals surface area contributed by atoms with E-state index in [-0.39, 0.29) is 0 Å². The number of anilines is 1. The molecule has 0 amide bonds. The molecule has 1 atom stereocenters. The van der Waals surface area contributed by atoms with E-state index in [4.69, 9.17) is 19.4 Å². The van der Waals surface area contributed by atoms with Gasteiger partial charge >= 0.3 is 0 Å². The number of likely N-dealkylation sites (tertiary alicyclic amines) is 1. The number of aromatic nitrogens is 3. The van der Waals surface area contributed by atoms with Gasteiger partial charge in [0.15, 0.2) is 5.82 Å². The highest BCUT2D eigenvalue weighted by Gasteiger charge is 2.26. The molecule has 2 fully saturated rings. The van der Waals surface area contributed by atoms with Gasteiger partial charge in [0.25, 0.3) is 0 Å². The highest BCUT2D eigenvalue weighted by molar-refractivity contribution is 5.57. The van der Waals surface area contributed by atoms with Crippen molar-refractivity contribution in [2.24, 2.45) is 0 Å². The summed E-state index contributed by atoms with van der Waals surface area (Å²) in [7, 11) is 5.66. The fourth-order valence-corrected chi connectivity index (χ4v) is 5.38. The van der Waals surface area contributed by atoms with Gasteiger partial charge in [-0.15, -0.1) is 0 Å². The molecule has 0 saturated carbocycles. The van der Waals surface area contributed by atoms with Gasteiger partial charge in [-0.25, -0.2) is 9.97 Å². The summed E-state index contributed by atoms with van der Waals surface area (Å²) in [6, 6.07) is 12.6. The molecule has 2 aliphatic heterocycles. The monoisotopic (exact) mass is 502 g/mol. The van der Waals surface area contributed by atoms with E-state index >= 15 is 0 Å². The number of hydrogen-bond donors (Lipinski definition) is 0. The molecule has 0 bridgehead atoms. The Balaban J connectivity index is 1.40. The Morgan fingerprint density at radius 1 is 1.00 bits per heavy atom. The number of ether oxygens (including phenoxy) is 2. The first kappa shape index (κ1) is 25.6. The van der Waals surface area contributed by atoms with Crippen LogP contribution in [0.4, 0.5) is 5.82 Å². The lowest BCUT2D eigenvalue weighted by Gasteiger charge is -2.35. The topological polar surface area (TPSA) is 66.9 Å². The van der Waals surface area contributed by atoms with Gasteiger partial charge in [0.1, 0.15) is 11.6 Å². The lowest BCUT2D eigenvalue weighted by molar-refractivity contribution is 0.183. The second-order valence-corrected chi connectivity index (χ2v) is 10.2. The normalized spacial score (nSPS) is 19.2. The Labute approximate surface area is 220 Å². The maximum absolute atomic E-state index is 5.68. The smallest absolute Gasteiger partial charge is 0.163 e. The first-order valence-electron chi connectivity index (χ1n) is 13.2. The third kappa shape index (κ3) is 6.26. The molecule has 196 valence electrons. The third-order valence-electron chi connectivity index (χ3n) is 7.45. The molecule has 3 aromatic rings. The van der Waals surface area contributed by atoms with Crippen molar-refractivity contribution < 1.29 is 9.47 Å². The van der Waals surface area contributed by atoms with Crippen LogP contribution in [0, 0.1) is 0 Å². The van der Waals surface area contributed by atoms with Gasteiger partial charge in [-0.3, -0.25) is 9.88 Å². The fourth-order valence-electron chi connectivity index (χ4n) is 5.38. The number of rotatable bonds is 8. The lowest BCUT2D eigenvalue weighted by Crippen LogP contribution is -2.45. The van der Waals surface area contributed by atoms with Gasteiger partial charge in [-0.2, -0.15) is 0 Å². The van der Waals surface area contributed by atoms with Crippen LogP contribution in [0.2, 0.25) is 0 Å². The average molecular weight is 503 g/mol. The Morgan fingerprint density at radius 2 is 1.86 bits per heavy atom. The first-order valence-corrected chi connectivity index (χ1v) is 13.2. The van der Waals surface area contributed by atoms with Crippen molar-refractivity contribution in [1.82, 2.24) is 24.8 Å². The second kappa shape index (κ2) is 12.0. The maximum atomic E-state index is 5.68. The number of hydrogen-bond acceptors (Lipinski definition) is 8. The van der Waals surface area contributed by atoms with E-state index in [9.17, 15) is 0 Å². The molecule has 8 heteroatoms. The Bertz CT molecular complexity index is 1170. The molecule has 5 rings (SSSR count). The molecule has 2 aromatic heterocycles. The average Bonchev–Trinajstić information content (AvgIpc) is 2.94. The number of methoxy groups -OCH3 is 2. The molecule has 37 heavy (non-hydrogen) atoms. The first-order chi connectivity index (χ1) is 18.1. The Kier molecular flexibility index (Phi) is 8.28. The summed E-state index contributed by atoms with van der Waals surface area (Å²) in [5.41, 5.74) is 4.47. The van der Waals surface area contributed by atoms with E-state index in [1.54, 1.807) is 20.4 Å². The molecule has 1 aromatic carbocycles. The zero-order valence-electron chi connectivity index (χ0n) is 22.3. The van der Waals surface area contributed by atoms with Crippen molar-refractivity contribution in [3.63, 3.8) is 0 Å². The van der Waals surface area contributed by atoms with Crippen molar-refractivity contribution in [1.29, 1.82) is 0 Å². The molecule has 0 aliphatic carbocycles. The molecular weight excluding hydrogens is 464 g/mol. The van der Waals surface area contributed by atoms with Gasteiger partial charge in [0, 0.05) is 81.9 Å². The standard InChI is InChI=1S/C29H38N6O2/c1-33-12-14-35(15-13-33)28-17-26(31-29(32-28)23-6-4-10-30-18-23)24-7-5-11-34(19-24)20-25-16-22(21-36-2)8-9-27(25)37-3/h4,6,8-10,16-18,24H,5,7,11-15,19-21H2,1-3H3/t24-/m0/s1. The van der Waals surface area contributed by atoms with Crippen LogP contribution in [0.25, 0.3) is 11.4 Å². The van der Waals surface area contributed by atoms with Crippen molar-refractivity contribution in [3.05, 3.63) is 65.6 Å². The zero-order valence-corrected chi connectivity index (χ0v) is 22.3. The molecule has 4 heterocycles. The van der Waals surface area contributed by atoms with Crippen LogP contribution in [0.3, 0.4) is 0 Å². The van der Waals surface area contributed by atoms with Crippen molar-refractivity contribution in [3.8, 4) is 17.1 Å².